The molecule has 0 spiro atoms. The predicted molar refractivity (Wildman–Crippen MR) is 116 cm³/mol. The van der Waals surface area contributed by atoms with Gasteiger partial charge in [-0.05, 0) is 57.9 Å². The van der Waals surface area contributed by atoms with Gasteiger partial charge in [0.25, 0.3) is 0 Å². The Hall–Kier alpha value is -2.39. The highest BCUT2D eigenvalue weighted by Gasteiger charge is 2.34. The third-order valence-electron chi connectivity index (χ3n) is 6.39. The molecule has 0 aromatic carbocycles. The van der Waals surface area contributed by atoms with E-state index in [1.807, 2.05) is 35.4 Å². The number of amides is 1. The summed E-state index contributed by atoms with van der Waals surface area (Å²) in [6, 6.07) is 4.99. The first kappa shape index (κ1) is 21.8. The Bertz CT molecular complexity index is 1070. The number of ketones is 1. The van der Waals surface area contributed by atoms with Gasteiger partial charge in [0.05, 0.1) is 36.9 Å². The second kappa shape index (κ2) is 8.63. The van der Waals surface area contributed by atoms with E-state index in [2.05, 4.69) is 5.32 Å². The van der Waals surface area contributed by atoms with Gasteiger partial charge in [-0.3, -0.25) is 14.5 Å². The molecule has 1 N–H and O–H groups in total. The molecule has 4 rings (SSSR count). The molecule has 0 aliphatic carbocycles. The lowest BCUT2D eigenvalue weighted by molar-refractivity contribution is -0.125. The molecule has 2 aromatic heterocycles. The van der Waals surface area contributed by atoms with E-state index in [1.54, 1.807) is 12.3 Å². The molecule has 168 valence electrons. The topological polar surface area (TPSA) is 102 Å². The van der Waals surface area contributed by atoms with Crippen LogP contribution in [0.2, 0.25) is 0 Å². The Kier molecular flexibility index (Phi) is 6.07. The number of nitrogens with zero attached hydrogens (tertiary/aromatic N) is 2. The number of carbonyl (C=O) groups is 2. The zero-order chi connectivity index (χ0) is 22.2. The normalized spacial score (nSPS) is 23.3. The summed E-state index contributed by atoms with van der Waals surface area (Å²) < 4.78 is 31.1. The molecule has 31 heavy (non-hydrogen) atoms. The highest BCUT2D eigenvalue weighted by Crippen LogP contribution is 2.29. The van der Waals surface area contributed by atoms with Crippen LogP contribution in [-0.2, 0) is 21.2 Å². The van der Waals surface area contributed by atoms with Crippen molar-refractivity contribution in [1.29, 1.82) is 0 Å². The Morgan fingerprint density at radius 3 is 2.74 bits per heavy atom. The van der Waals surface area contributed by atoms with Gasteiger partial charge in [0.1, 0.15) is 5.76 Å². The van der Waals surface area contributed by atoms with Gasteiger partial charge in [-0.2, -0.15) is 0 Å². The summed E-state index contributed by atoms with van der Waals surface area (Å²) in [5.74, 6) is 0.881. The van der Waals surface area contributed by atoms with Crippen LogP contribution in [0.3, 0.4) is 0 Å². The predicted octanol–water partition coefficient (Wildman–Crippen LogP) is 2.02. The Labute approximate surface area is 182 Å². The number of aryl methyl sites for hydroxylation is 1. The summed E-state index contributed by atoms with van der Waals surface area (Å²) in [5.41, 5.74) is 2.32. The van der Waals surface area contributed by atoms with E-state index in [1.165, 1.54) is 0 Å². The average Bonchev–Trinajstić information content (AvgIpc) is 3.48. The van der Waals surface area contributed by atoms with Crippen molar-refractivity contribution >= 4 is 21.5 Å². The monoisotopic (exact) mass is 447 g/mol. The van der Waals surface area contributed by atoms with Crippen LogP contribution in [0.15, 0.2) is 28.9 Å². The van der Waals surface area contributed by atoms with Crippen LogP contribution in [0, 0.1) is 13.8 Å². The quantitative estimate of drug-likeness (QED) is 0.652. The summed E-state index contributed by atoms with van der Waals surface area (Å²) >= 11 is 0. The Morgan fingerprint density at radius 2 is 2.06 bits per heavy atom. The van der Waals surface area contributed by atoms with Crippen molar-refractivity contribution in [3.8, 4) is 0 Å². The summed E-state index contributed by atoms with van der Waals surface area (Å²) in [6.07, 6.45) is 3.73. The molecule has 1 amide bonds. The molecule has 2 aromatic rings. The Morgan fingerprint density at radius 1 is 1.26 bits per heavy atom. The summed E-state index contributed by atoms with van der Waals surface area (Å²) in [6.45, 7) is 4.99. The summed E-state index contributed by atoms with van der Waals surface area (Å²) in [4.78, 5) is 27.7. The first-order valence-electron chi connectivity index (χ1n) is 10.7. The number of sulfone groups is 1. The molecule has 2 atom stereocenters. The number of aromatic nitrogens is 1. The number of rotatable bonds is 7. The molecular formula is C22H29N3O5S. The fourth-order valence-electron chi connectivity index (χ4n) is 4.89. The van der Waals surface area contributed by atoms with Crippen molar-refractivity contribution in [2.75, 3.05) is 24.6 Å². The van der Waals surface area contributed by atoms with Crippen LogP contribution in [-0.4, -0.2) is 60.2 Å². The van der Waals surface area contributed by atoms with E-state index in [4.69, 9.17) is 4.42 Å². The number of Topliss-reactive ketones (excluding diaryl/α,β-unsaturated/α-hetero) is 1. The molecule has 4 heterocycles. The molecule has 9 heteroatoms. The zero-order valence-corrected chi connectivity index (χ0v) is 18.8. The maximum absolute atomic E-state index is 13.1. The van der Waals surface area contributed by atoms with Crippen molar-refractivity contribution in [2.24, 2.45) is 0 Å². The lowest BCUT2D eigenvalue weighted by Gasteiger charge is -2.23. The van der Waals surface area contributed by atoms with Gasteiger partial charge >= 0.3 is 0 Å². The van der Waals surface area contributed by atoms with Crippen molar-refractivity contribution in [3.05, 3.63) is 47.2 Å². The third kappa shape index (κ3) is 4.62. The van der Waals surface area contributed by atoms with Crippen LogP contribution in [0.25, 0.3) is 0 Å². The maximum Gasteiger partial charge on any atom is 0.237 e. The second-order valence-corrected chi connectivity index (χ2v) is 10.8. The molecule has 0 bridgehead atoms. The second-order valence-electron chi connectivity index (χ2n) is 8.56. The highest BCUT2D eigenvalue weighted by atomic mass is 32.2. The van der Waals surface area contributed by atoms with Crippen molar-refractivity contribution in [2.45, 2.75) is 51.7 Å². The third-order valence-corrected chi connectivity index (χ3v) is 8.14. The SMILES string of the molecule is Cc1cc(C(=O)CN2CCC[C@@H]2C(=O)NCc2ccco2)c(C)n1[C@H]1CCS(=O)(=O)C1. The number of carbonyl (C=O) groups excluding carboxylic acids is 2. The van der Waals surface area contributed by atoms with E-state index >= 15 is 0 Å². The van der Waals surface area contributed by atoms with Gasteiger partial charge in [0.15, 0.2) is 15.6 Å². The number of hydrogen-bond donors (Lipinski definition) is 1. The smallest absolute Gasteiger partial charge is 0.237 e. The van der Waals surface area contributed by atoms with Gasteiger partial charge in [0.2, 0.25) is 5.91 Å². The molecule has 8 nitrogen and oxygen atoms in total. The zero-order valence-electron chi connectivity index (χ0n) is 18.0. The largest absolute Gasteiger partial charge is 0.467 e. The molecule has 0 radical (unpaired) electrons. The van der Waals surface area contributed by atoms with Crippen molar-refractivity contribution < 1.29 is 22.4 Å². The van der Waals surface area contributed by atoms with Gasteiger partial charge in [-0.1, -0.05) is 0 Å². The standard InChI is InChI=1S/C22H29N3O5S/c1-15-11-19(16(2)25(15)17-7-10-31(28,29)14-17)21(26)13-24-8-3-6-20(24)22(27)23-12-18-5-4-9-30-18/h4-5,9,11,17,20H,3,6-8,10,12-14H2,1-2H3,(H,23,27)/t17-,20+/m0/s1. The summed E-state index contributed by atoms with van der Waals surface area (Å²) in [7, 11) is -3.01. The van der Waals surface area contributed by atoms with Crippen LogP contribution in [0.5, 0.6) is 0 Å². The molecule has 2 aliphatic rings. The minimum Gasteiger partial charge on any atom is -0.467 e. The van der Waals surface area contributed by atoms with Crippen LogP contribution in [0.4, 0.5) is 0 Å². The first-order chi connectivity index (χ1) is 14.7. The highest BCUT2D eigenvalue weighted by molar-refractivity contribution is 7.91. The minimum absolute atomic E-state index is 0.0362. The Balaban J connectivity index is 1.43. The molecule has 0 saturated carbocycles. The number of furan rings is 1. The molecule has 0 unspecified atom stereocenters. The summed E-state index contributed by atoms with van der Waals surface area (Å²) in [5, 5.41) is 2.89. The molecule has 2 fully saturated rings. The van der Waals surface area contributed by atoms with Gasteiger partial charge in [-0.15, -0.1) is 0 Å². The van der Waals surface area contributed by atoms with E-state index in [9.17, 15) is 18.0 Å². The first-order valence-corrected chi connectivity index (χ1v) is 12.5. The van der Waals surface area contributed by atoms with E-state index in [-0.39, 0.29) is 41.8 Å². The average molecular weight is 448 g/mol. The van der Waals surface area contributed by atoms with Crippen LogP contribution in [0.1, 0.15) is 52.8 Å². The minimum atomic E-state index is -3.01. The van der Waals surface area contributed by atoms with E-state index in [0.29, 0.717) is 30.8 Å². The van der Waals surface area contributed by atoms with Gasteiger partial charge in [0, 0.05) is 23.0 Å². The van der Waals surface area contributed by atoms with Gasteiger partial charge in [-0.25, -0.2) is 8.42 Å². The fraction of sp³-hybridized carbons (Fsp3) is 0.545. The number of nitrogens with one attached hydrogen (secondary N) is 1. The maximum atomic E-state index is 13.1. The number of hydrogen-bond acceptors (Lipinski definition) is 6. The van der Waals surface area contributed by atoms with Gasteiger partial charge < -0.3 is 14.3 Å². The molecule has 2 aliphatic heterocycles. The number of likely N-dealkylation sites (tertiary alicyclic amines) is 1. The lowest BCUT2D eigenvalue weighted by Crippen LogP contribution is -2.44. The van der Waals surface area contributed by atoms with E-state index < -0.39 is 9.84 Å². The molecular weight excluding hydrogens is 418 g/mol. The van der Waals surface area contributed by atoms with Crippen LogP contribution >= 0.6 is 0 Å². The van der Waals surface area contributed by atoms with Crippen molar-refractivity contribution in [3.63, 3.8) is 0 Å². The molecule has 2 saturated heterocycles. The van der Waals surface area contributed by atoms with E-state index in [0.717, 1.165) is 24.2 Å². The van der Waals surface area contributed by atoms with Crippen LogP contribution < -0.4 is 5.32 Å². The lowest BCUT2D eigenvalue weighted by atomic mass is 10.1. The van der Waals surface area contributed by atoms with Crippen molar-refractivity contribution in [1.82, 2.24) is 14.8 Å². The fourth-order valence-corrected chi connectivity index (χ4v) is 6.59.